The lowest BCUT2D eigenvalue weighted by Gasteiger charge is -2.29. The summed E-state index contributed by atoms with van der Waals surface area (Å²) >= 11 is 0. The van der Waals surface area contributed by atoms with Crippen molar-refractivity contribution >= 4 is 33.4 Å². The molecule has 5 rings (SSSR count). The smallest absolute Gasteiger partial charge is 0.138 e. The molecule has 4 N–H and O–H groups in total. The predicted octanol–water partition coefficient (Wildman–Crippen LogP) is 2.77. The maximum atomic E-state index is 5.87. The van der Waals surface area contributed by atoms with Crippen molar-refractivity contribution in [3.63, 3.8) is 0 Å². The minimum atomic E-state index is 0.518. The van der Waals surface area contributed by atoms with Gasteiger partial charge in [0, 0.05) is 54.4 Å². The van der Waals surface area contributed by atoms with Crippen molar-refractivity contribution in [3.05, 3.63) is 48.8 Å². The normalized spacial score (nSPS) is 15.0. The molecule has 1 aliphatic rings. The van der Waals surface area contributed by atoms with Crippen LogP contribution in [0.2, 0.25) is 0 Å². The van der Waals surface area contributed by atoms with Crippen molar-refractivity contribution < 1.29 is 0 Å². The Labute approximate surface area is 151 Å². The van der Waals surface area contributed by atoms with Crippen LogP contribution in [-0.4, -0.2) is 41.1 Å². The average Bonchev–Trinajstić information content (AvgIpc) is 3.06. The molecule has 1 aliphatic heterocycles. The summed E-state index contributed by atoms with van der Waals surface area (Å²) in [5, 5.41) is 5.52. The summed E-state index contributed by atoms with van der Waals surface area (Å²) in [6.07, 6.45) is 3.68. The molecule has 0 radical (unpaired) electrons. The first-order valence-corrected chi connectivity index (χ1v) is 8.87. The van der Waals surface area contributed by atoms with E-state index in [2.05, 4.69) is 55.5 Å². The second-order valence-corrected chi connectivity index (χ2v) is 6.69. The number of aromatic amines is 1. The van der Waals surface area contributed by atoms with E-state index in [1.807, 2.05) is 12.3 Å². The van der Waals surface area contributed by atoms with Gasteiger partial charge in [0.05, 0.1) is 11.7 Å². The molecule has 1 aromatic carbocycles. The molecule has 1 saturated heterocycles. The minimum absolute atomic E-state index is 0.518. The molecule has 6 heteroatoms. The number of nitrogens with zero attached hydrogens (tertiary/aromatic N) is 3. The third-order valence-corrected chi connectivity index (χ3v) is 5.02. The number of hydrogen-bond donors (Lipinski definition) is 3. The molecule has 6 nitrogen and oxygen atoms in total. The lowest BCUT2D eigenvalue weighted by atomic mass is 10.0. The van der Waals surface area contributed by atoms with Gasteiger partial charge in [-0.1, -0.05) is 12.1 Å². The van der Waals surface area contributed by atoms with Gasteiger partial charge in [0.1, 0.15) is 11.5 Å². The molecule has 0 saturated carbocycles. The highest BCUT2D eigenvalue weighted by Gasteiger charge is 2.12. The van der Waals surface area contributed by atoms with Crippen LogP contribution in [0.4, 0.5) is 11.5 Å². The molecule has 0 atom stereocenters. The molecule has 0 unspecified atom stereocenters. The van der Waals surface area contributed by atoms with Crippen LogP contribution in [0.1, 0.15) is 0 Å². The van der Waals surface area contributed by atoms with E-state index in [0.29, 0.717) is 5.82 Å². The van der Waals surface area contributed by atoms with Gasteiger partial charge in [-0.05, 0) is 29.8 Å². The van der Waals surface area contributed by atoms with E-state index in [4.69, 9.17) is 5.73 Å². The number of aromatic nitrogens is 3. The predicted molar refractivity (Wildman–Crippen MR) is 106 cm³/mol. The largest absolute Gasteiger partial charge is 0.384 e. The SMILES string of the molecule is Nc1cc2c(cn1)[nH]c1ncc(-c3cccc(N4CCNCC4)c3)cc12. The Kier molecular flexibility index (Phi) is 3.50. The standard InChI is InChI=1S/C20H20N6/c21-19-10-16-17-9-14(11-24-20(17)25-18(16)12-23-19)13-2-1-3-15(8-13)26-6-4-22-5-7-26/h1-3,8-12,22H,4-7H2,(H2,21,23)(H,24,25). The van der Waals surface area contributed by atoms with Gasteiger partial charge in [-0.25, -0.2) is 9.97 Å². The second-order valence-electron chi connectivity index (χ2n) is 6.69. The number of nitrogen functional groups attached to an aromatic ring is 1. The highest BCUT2D eigenvalue weighted by molar-refractivity contribution is 6.07. The fourth-order valence-electron chi connectivity index (χ4n) is 3.65. The topological polar surface area (TPSA) is 82.9 Å². The van der Waals surface area contributed by atoms with Crippen molar-refractivity contribution in [2.45, 2.75) is 0 Å². The number of hydrogen-bond acceptors (Lipinski definition) is 5. The number of fused-ring (bicyclic) bond motifs is 3. The van der Waals surface area contributed by atoms with Gasteiger partial charge in [-0.2, -0.15) is 0 Å². The highest BCUT2D eigenvalue weighted by Crippen LogP contribution is 2.30. The van der Waals surface area contributed by atoms with Gasteiger partial charge < -0.3 is 20.9 Å². The van der Waals surface area contributed by atoms with Gasteiger partial charge in [-0.3, -0.25) is 0 Å². The van der Waals surface area contributed by atoms with Crippen molar-refractivity contribution in [1.82, 2.24) is 20.3 Å². The number of nitrogens with one attached hydrogen (secondary N) is 2. The summed E-state index contributed by atoms with van der Waals surface area (Å²) in [6, 6.07) is 12.8. The van der Waals surface area contributed by atoms with E-state index in [9.17, 15) is 0 Å². The minimum Gasteiger partial charge on any atom is -0.384 e. The fourth-order valence-corrected chi connectivity index (χ4v) is 3.65. The summed E-state index contributed by atoms with van der Waals surface area (Å²) in [5.74, 6) is 0.518. The van der Waals surface area contributed by atoms with E-state index >= 15 is 0 Å². The van der Waals surface area contributed by atoms with Gasteiger partial charge >= 0.3 is 0 Å². The maximum absolute atomic E-state index is 5.87. The quantitative estimate of drug-likeness (QED) is 0.521. The zero-order chi connectivity index (χ0) is 17.5. The van der Waals surface area contributed by atoms with Gasteiger partial charge in [-0.15, -0.1) is 0 Å². The van der Waals surface area contributed by atoms with Crippen LogP contribution in [0, 0.1) is 0 Å². The molecule has 130 valence electrons. The summed E-state index contributed by atoms with van der Waals surface area (Å²) in [6.45, 7) is 4.13. The van der Waals surface area contributed by atoms with Crippen LogP contribution in [-0.2, 0) is 0 Å². The first-order chi connectivity index (χ1) is 12.8. The lowest BCUT2D eigenvalue weighted by Crippen LogP contribution is -2.43. The molecule has 0 amide bonds. The molecular formula is C20H20N6. The van der Waals surface area contributed by atoms with Crippen LogP contribution >= 0.6 is 0 Å². The van der Waals surface area contributed by atoms with Crippen LogP contribution < -0.4 is 16.0 Å². The Morgan fingerprint density at radius 2 is 1.81 bits per heavy atom. The lowest BCUT2D eigenvalue weighted by molar-refractivity contribution is 0.589. The van der Waals surface area contributed by atoms with Crippen molar-refractivity contribution in [2.24, 2.45) is 0 Å². The monoisotopic (exact) mass is 344 g/mol. The molecule has 4 heterocycles. The molecule has 3 aromatic heterocycles. The Morgan fingerprint density at radius 1 is 0.923 bits per heavy atom. The Bertz CT molecular complexity index is 1090. The zero-order valence-electron chi connectivity index (χ0n) is 14.4. The number of benzene rings is 1. The van der Waals surface area contributed by atoms with Crippen molar-refractivity contribution in [1.29, 1.82) is 0 Å². The number of pyridine rings is 2. The maximum Gasteiger partial charge on any atom is 0.138 e. The number of anilines is 2. The van der Waals surface area contributed by atoms with Crippen molar-refractivity contribution in [3.8, 4) is 11.1 Å². The third-order valence-electron chi connectivity index (χ3n) is 5.02. The Morgan fingerprint density at radius 3 is 2.69 bits per heavy atom. The summed E-state index contributed by atoms with van der Waals surface area (Å²) in [5.41, 5.74) is 11.2. The number of H-pyrrole nitrogens is 1. The number of rotatable bonds is 2. The number of nitrogens with two attached hydrogens (primary N) is 1. The Balaban J connectivity index is 1.60. The van der Waals surface area contributed by atoms with E-state index in [1.54, 1.807) is 6.20 Å². The van der Waals surface area contributed by atoms with Crippen LogP contribution in [0.5, 0.6) is 0 Å². The van der Waals surface area contributed by atoms with E-state index in [0.717, 1.165) is 53.7 Å². The van der Waals surface area contributed by atoms with Crippen molar-refractivity contribution in [2.75, 3.05) is 36.8 Å². The summed E-state index contributed by atoms with van der Waals surface area (Å²) in [7, 11) is 0. The molecule has 1 fully saturated rings. The molecule has 4 aromatic rings. The zero-order valence-corrected chi connectivity index (χ0v) is 14.4. The Hall–Kier alpha value is -3.12. The average molecular weight is 344 g/mol. The molecule has 0 bridgehead atoms. The fraction of sp³-hybridized carbons (Fsp3) is 0.200. The van der Waals surface area contributed by atoms with Gasteiger partial charge in [0.25, 0.3) is 0 Å². The van der Waals surface area contributed by atoms with Crippen LogP contribution in [0.15, 0.2) is 48.8 Å². The van der Waals surface area contributed by atoms with Gasteiger partial charge in [0.15, 0.2) is 0 Å². The van der Waals surface area contributed by atoms with E-state index < -0.39 is 0 Å². The van der Waals surface area contributed by atoms with Crippen LogP contribution in [0.3, 0.4) is 0 Å². The third kappa shape index (κ3) is 2.55. The molecule has 0 spiro atoms. The molecular weight excluding hydrogens is 324 g/mol. The second kappa shape index (κ2) is 6.00. The number of piperazine rings is 1. The first-order valence-electron chi connectivity index (χ1n) is 8.87. The van der Waals surface area contributed by atoms with Gasteiger partial charge in [0.2, 0.25) is 0 Å². The summed E-state index contributed by atoms with van der Waals surface area (Å²) in [4.78, 5) is 14.5. The van der Waals surface area contributed by atoms with E-state index in [1.165, 1.54) is 11.3 Å². The van der Waals surface area contributed by atoms with Crippen LogP contribution in [0.25, 0.3) is 33.1 Å². The highest BCUT2D eigenvalue weighted by atomic mass is 15.2. The first kappa shape index (κ1) is 15.2. The molecule has 26 heavy (non-hydrogen) atoms. The van der Waals surface area contributed by atoms with E-state index in [-0.39, 0.29) is 0 Å². The molecule has 0 aliphatic carbocycles. The summed E-state index contributed by atoms with van der Waals surface area (Å²) < 4.78 is 0.